The summed E-state index contributed by atoms with van der Waals surface area (Å²) >= 11 is 0.173. The average Bonchev–Trinajstić information content (AvgIpc) is 2.70. The van der Waals surface area contributed by atoms with E-state index in [0.29, 0.717) is 5.75 Å². The monoisotopic (exact) mass is 605 g/mol. The Labute approximate surface area is 179 Å². The van der Waals surface area contributed by atoms with E-state index in [1.165, 1.54) is 54.4 Å². The van der Waals surface area contributed by atoms with Gasteiger partial charge in [-0.05, 0) is 0 Å². The number of hydrogen-bond donors (Lipinski definition) is 1. The first-order valence-electron chi connectivity index (χ1n) is 7.03. The van der Waals surface area contributed by atoms with Gasteiger partial charge in [0, 0.05) is 0 Å². The molecule has 2 rings (SSSR count). The molecule has 27 heavy (non-hydrogen) atoms. The quantitative estimate of drug-likeness (QED) is 0.173. The van der Waals surface area contributed by atoms with Crippen molar-refractivity contribution < 1.29 is 42.6 Å². The van der Waals surface area contributed by atoms with Gasteiger partial charge in [0.2, 0.25) is 0 Å². The van der Waals surface area contributed by atoms with E-state index in [1.54, 1.807) is 18.2 Å². The van der Waals surface area contributed by atoms with Crippen molar-refractivity contribution >= 4 is 40.1 Å². The Hall–Kier alpha value is -1.34. The van der Waals surface area contributed by atoms with Gasteiger partial charge in [0.25, 0.3) is 0 Å². The molecule has 0 heterocycles. The number of anilines is 3. The number of benzene rings is 2. The molecule has 0 aliphatic heterocycles. The standard InChI is InChI=1S/C14H13I2N3O8/c1-24-10-6-7-11(17(20)21)13(8-10)19(23)27-16-9-25-14-5-3-2-4-12(14)18(22)26-15/h2-8,20H,9H2,1H3/q-4. The number of rotatable bonds is 10. The summed E-state index contributed by atoms with van der Waals surface area (Å²) in [5, 5.41) is 43.9. The van der Waals surface area contributed by atoms with E-state index in [1.807, 2.05) is 0 Å². The van der Waals surface area contributed by atoms with Crippen LogP contribution in [0.25, 0.3) is 0 Å². The molecule has 0 aliphatic carbocycles. The number of para-hydroxylation sites is 2. The summed E-state index contributed by atoms with van der Waals surface area (Å²) in [5.74, 6) is 0.561. The van der Waals surface area contributed by atoms with E-state index in [2.05, 4.69) is 3.17 Å². The van der Waals surface area contributed by atoms with Gasteiger partial charge in [0.15, 0.2) is 0 Å². The molecule has 0 aromatic heterocycles. The second-order valence-electron chi connectivity index (χ2n) is 4.61. The molecule has 0 saturated heterocycles. The molecule has 0 radical (unpaired) electrons. The van der Waals surface area contributed by atoms with E-state index < -0.39 is 26.8 Å². The molecule has 13 heteroatoms. The van der Waals surface area contributed by atoms with Crippen molar-refractivity contribution in [2.75, 3.05) is 27.4 Å². The van der Waals surface area contributed by atoms with Crippen molar-refractivity contribution in [2.24, 2.45) is 0 Å². The molecule has 0 atom stereocenters. The Balaban J connectivity index is 1.97. The molecular formula is C14H13I2N3O8-4. The van der Waals surface area contributed by atoms with E-state index in [4.69, 9.17) is 17.8 Å². The fourth-order valence-electron chi connectivity index (χ4n) is 1.89. The Morgan fingerprint density at radius 3 is 2.44 bits per heavy atom. The van der Waals surface area contributed by atoms with Crippen LogP contribution in [0.5, 0.6) is 11.5 Å². The van der Waals surface area contributed by atoms with Gasteiger partial charge in [-0.15, -0.1) is 0 Å². The molecule has 0 bridgehead atoms. The van der Waals surface area contributed by atoms with Crippen LogP contribution in [0.15, 0.2) is 42.5 Å². The number of ether oxygens (including phenoxy) is 2. The number of alkyl halides is 1. The maximum absolute atomic E-state index is 12.1. The first-order chi connectivity index (χ1) is 13.0. The van der Waals surface area contributed by atoms with E-state index in [9.17, 15) is 15.6 Å². The topological polar surface area (TPSA) is 136 Å². The summed E-state index contributed by atoms with van der Waals surface area (Å²) in [6.45, 7) is 0. The van der Waals surface area contributed by atoms with Crippen LogP contribution in [0.4, 0.5) is 17.1 Å². The third-order valence-electron chi connectivity index (χ3n) is 3.08. The fraction of sp³-hybridized carbons (Fsp3) is 0.143. The maximum atomic E-state index is 12.1. The Kier molecular flexibility index (Phi) is 8.83. The zero-order chi connectivity index (χ0) is 19.8. The number of methoxy groups -OCH3 is 1. The molecule has 0 amide bonds. The van der Waals surface area contributed by atoms with Crippen LogP contribution in [0.1, 0.15) is 0 Å². The molecule has 0 unspecified atom stereocenters. The van der Waals surface area contributed by atoms with Crippen molar-refractivity contribution in [3.05, 3.63) is 58.1 Å². The van der Waals surface area contributed by atoms with Gasteiger partial charge in [0.1, 0.15) is 0 Å². The normalized spacial score (nSPS) is 10.6. The predicted molar refractivity (Wildman–Crippen MR) is 100 cm³/mol. The van der Waals surface area contributed by atoms with Crippen molar-refractivity contribution in [3.63, 3.8) is 0 Å². The van der Waals surface area contributed by atoms with Crippen molar-refractivity contribution in [1.29, 1.82) is 0 Å². The fourth-order valence-corrected chi connectivity index (χ4v) is 3.14. The van der Waals surface area contributed by atoms with Gasteiger partial charge in [0.05, 0.1) is 0 Å². The van der Waals surface area contributed by atoms with Crippen molar-refractivity contribution in [2.45, 2.75) is 0 Å². The SMILES string of the molecule is COc1ccc(N([O-])O)c(N([O-])O[I-]COc2ccccc2N([O-])OI)c1. The number of nitrogens with zero attached hydrogens (tertiary/aromatic N) is 3. The third kappa shape index (κ3) is 6.07. The summed E-state index contributed by atoms with van der Waals surface area (Å²) in [6, 6.07) is 10.3. The van der Waals surface area contributed by atoms with Gasteiger partial charge in [-0.1, -0.05) is 0 Å². The van der Waals surface area contributed by atoms with Gasteiger partial charge in [-0.3, -0.25) is 0 Å². The summed E-state index contributed by atoms with van der Waals surface area (Å²) < 4.78 is 20.1. The molecule has 1 N–H and O–H groups in total. The van der Waals surface area contributed by atoms with Gasteiger partial charge in [-0.25, -0.2) is 0 Å². The van der Waals surface area contributed by atoms with E-state index >= 15 is 0 Å². The second kappa shape index (κ2) is 10.9. The minimum atomic E-state index is -1.27. The van der Waals surface area contributed by atoms with E-state index in [0.717, 1.165) is 0 Å². The molecule has 150 valence electrons. The van der Waals surface area contributed by atoms with Crippen LogP contribution >= 0.6 is 23.0 Å². The molecule has 0 spiro atoms. The average molecular weight is 605 g/mol. The molecule has 11 nitrogen and oxygen atoms in total. The first kappa shape index (κ1) is 22.0. The van der Waals surface area contributed by atoms with Gasteiger partial charge < -0.3 is 0 Å². The summed E-state index contributed by atoms with van der Waals surface area (Å²) in [7, 11) is 1.39. The van der Waals surface area contributed by atoms with Crippen molar-refractivity contribution in [1.82, 2.24) is 0 Å². The summed E-state index contributed by atoms with van der Waals surface area (Å²) in [5.41, 5.74) is -0.370. The van der Waals surface area contributed by atoms with Crippen LogP contribution in [0.2, 0.25) is 0 Å². The molecule has 0 fully saturated rings. The Morgan fingerprint density at radius 2 is 1.78 bits per heavy atom. The second-order valence-corrected chi connectivity index (χ2v) is 6.64. The predicted octanol–water partition coefficient (Wildman–Crippen LogP) is 0.251. The molecule has 2 aromatic rings. The van der Waals surface area contributed by atoms with Crippen LogP contribution in [-0.4, -0.2) is 16.9 Å². The van der Waals surface area contributed by atoms with Gasteiger partial charge in [-0.2, -0.15) is 0 Å². The summed E-state index contributed by atoms with van der Waals surface area (Å²) in [4.78, 5) is 0. The zero-order valence-electron chi connectivity index (χ0n) is 13.7. The third-order valence-corrected chi connectivity index (χ3v) is 4.64. The number of hydrogen-bond acceptors (Lipinski definition) is 11. The van der Waals surface area contributed by atoms with E-state index in [-0.39, 0.29) is 37.9 Å². The van der Waals surface area contributed by atoms with Crippen LogP contribution in [0, 0.1) is 15.6 Å². The van der Waals surface area contributed by atoms with Crippen LogP contribution < -0.4 is 46.8 Å². The summed E-state index contributed by atoms with van der Waals surface area (Å²) in [6.07, 6.45) is 0. The van der Waals surface area contributed by atoms with Gasteiger partial charge >= 0.3 is 180 Å². The Morgan fingerprint density at radius 1 is 1.04 bits per heavy atom. The Bertz CT molecular complexity index is 739. The minimum absolute atomic E-state index is 0.0310. The number of halogens is 2. The molecule has 0 saturated carbocycles. The van der Waals surface area contributed by atoms with Crippen molar-refractivity contribution in [3.8, 4) is 11.5 Å². The first-order valence-corrected chi connectivity index (χ1v) is 10.3. The van der Waals surface area contributed by atoms with Crippen LogP contribution in [0.3, 0.4) is 0 Å². The molecular weight excluding hydrogens is 592 g/mol. The molecule has 0 aliphatic rings. The molecule has 2 aromatic carbocycles. The zero-order valence-corrected chi connectivity index (χ0v) is 18.0. The van der Waals surface area contributed by atoms with Crippen LogP contribution in [-0.2, 0) is 6.33 Å².